The monoisotopic (exact) mass is 762 g/mol. The number of aliphatic hydroxyl groups is 5. The van der Waals surface area contributed by atoms with E-state index < -0.39 is 95.8 Å². The van der Waals surface area contributed by atoms with E-state index in [9.17, 15) is 30.3 Å². The van der Waals surface area contributed by atoms with Gasteiger partial charge in [0.05, 0.1) is 47.6 Å². The molecule has 0 aliphatic carbocycles. The molecule has 312 valence electrons. The molecule has 3 rings (SSSR count). The molecule has 0 spiro atoms. The zero-order chi connectivity index (χ0) is 40.4. The Morgan fingerprint density at radius 1 is 0.925 bits per heavy atom. The molecule has 13 nitrogen and oxygen atoms in total. The van der Waals surface area contributed by atoms with Crippen LogP contribution in [0.3, 0.4) is 0 Å². The number of ether oxygens (including phenoxy) is 6. The van der Waals surface area contributed by atoms with Gasteiger partial charge >= 0.3 is 5.97 Å². The zero-order valence-electron chi connectivity index (χ0n) is 35.0. The van der Waals surface area contributed by atoms with Crippen LogP contribution in [0.4, 0.5) is 0 Å². The second-order valence-electron chi connectivity index (χ2n) is 17.7. The smallest absolute Gasteiger partial charge is 0.311 e. The van der Waals surface area contributed by atoms with Gasteiger partial charge < -0.3 is 54.0 Å². The molecule has 3 heterocycles. The van der Waals surface area contributed by atoms with Gasteiger partial charge in [0, 0.05) is 31.5 Å². The third-order valence-corrected chi connectivity index (χ3v) is 12.9. The minimum atomic E-state index is -1.76. The van der Waals surface area contributed by atoms with Crippen LogP contribution in [-0.2, 0) is 33.2 Å². The maximum Gasteiger partial charge on any atom is 0.311 e. The minimum Gasteiger partial charge on any atom is -0.459 e. The van der Waals surface area contributed by atoms with Crippen LogP contribution in [0.5, 0.6) is 0 Å². The van der Waals surface area contributed by atoms with Crippen molar-refractivity contribution in [1.29, 1.82) is 0 Å². The number of cyclic esters (lactones) is 1. The summed E-state index contributed by atoms with van der Waals surface area (Å²) in [5.41, 5.74) is -4.33. The van der Waals surface area contributed by atoms with Crippen LogP contribution in [0.1, 0.15) is 122 Å². The predicted molar refractivity (Wildman–Crippen MR) is 200 cm³/mol. The van der Waals surface area contributed by atoms with E-state index in [-0.39, 0.29) is 43.4 Å². The predicted octanol–water partition coefficient (Wildman–Crippen LogP) is 3.78. The average Bonchev–Trinajstić information content (AvgIpc) is 3.09. The lowest BCUT2D eigenvalue weighted by atomic mass is 9.74. The number of carbonyl (C=O) groups excluding carboxylic acids is 1. The van der Waals surface area contributed by atoms with Crippen LogP contribution in [-0.4, -0.2) is 141 Å². The van der Waals surface area contributed by atoms with Crippen LogP contribution in [0.15, 0.2) is 0 Å². The third-order valence-electron chi connectivity index (χ3n) is 12.9. The molecule has 0 aromatic carbocycles. The maximum atomic E-state index is 14.2. The molecule has 0 bridgehead atoms. The Kier molecular flexibility index (Phi) is 16.2. The lowest BCUT2D eigenvalue weighted by Gasteiger charge is -2.49. The summed E-state index contributed by atoms with van der Waals surface area (Å²) in [4.78, 5) is 16.3. The Hall–Kier alpha value is -0.970. The quantitative estimate of drug-likeness (QED) is 0.215. The Bertz CT molecular complexity index is 1160. The summed E-state index contributed by atoms with van der Waals surface area (Å²) in [6.45, 7) is 21.9. The van der Waals surface area contributed by atoms with Crippen molar-refractivity contribution in [2.24, 2.45) is 23.7 Å². The van der Waals surface area contributed by atoms with Crippen molar-refractivity contribution in [3.63, 3.8) is 0 Å². The first-order valence-electron chi connectivity index (χ1n) is 20.0. The molecular weight excluding hydrogens is 686 g/mol. The number of carbonyl (C=O) groups is 1. The van der Waals surface area contributed by atoms with Crippen LogP contribution in [0.2, 0.25) is 0 Å². The number of likely N-dealkylation sites (N-methyl/N-ethyl adjacent to an activating group) is 1. The number of aliphatic hydroxyl groups excluding tert-OH is 3. The molecular formula is C40H75NO12. The van der Waals surface area contributed by atoms with Crippen molar-refractivity contribution in [2.45, 2.75) is 212 Å². The van der Waals surface area contributed by atoms with Crippen molar-refractivity contribution < 1.29 is 58.7 Å². The van der Waals surface area contributed by atoms with Crippen molar-refractivity contribution in [1.82, 2.24) is 4.90 Å². The largest absolute Gasteiger partial charge is 0.459 e. The minimum absolute atomic E-state index is 0.140. The highest BCUT2D eigenvalue weighted by Crippen LogP contribution is 2.41. The molecule has 3 saturated heterocycles. The summed E-state index contributed by atoms with van der Waals surface area (Å²) in [5.74, 6) is -2.96. The van der Waals surface area contributed by atoms with Gasteiger partial charge in [-0.05, 0) is 99.5 Å². The molecule has 19 atom stereocenters. The number of hydrogen-bond donors (Lipinski definition) is 5. The second-order valence-corrected chi connectivity index (χ2v) is 17.7. The summed E-state index contributed by atoms with van der Waals surface area (Å²) in [7, 11) is 3.50. The molecule has 53 heavy (non-hydrogen) atoms. The number of methoxy groups -OCH3 is 1. The van der Waals surface area contributed by atoms with Crippen LogP contribution >= 0.6 is 0 Å². The molecule has 0 aromatic heterocycles. The summed E-state index contributed by atoms with van der Waals surface area (Å²) in [6.07, 6.45) is -6.70. The lowest BCUT2D eigenvalue weighted by molar-refractivity contribution is -0.318. The fourth-order valence-electron chi connectivity index (χ4n) is 9.21. The molecule has 3 aliphatic rings. The molecule has 0 aromatic rings. The van der Waals surface area contributed by atoms with Gasteiger partial charge in [-0.25, -0.2) is 0 Å². The molecule has 3 aliphatic heterocycles. The molecule has 13 heteroatoms. The van der Waals surface area contributed by atoms with Crippen LogP contribution < -0.4 is 0 Å². The molecule has 1 unspecified atom stereocenters. The summed E-state index contributed by atoms with van der Waals surface area (Å²) >= 11 is 0. The van der Waals surface area contributed by atoms with Gasteiger partial charge in [-0.1, -0.05) is 34.6 Å². The van der Waals surface area contributed by atoms with Crippen LogP contribution in [0, 0.1) is 23.7 Å². The van der Waals surface area contributed by atoms with Gasteiger partial charge in [0.15, 0.2) is 12.6 Å². The highest BCUT2D eigenvalue weighted by Gasteiger charge is 2.53. The van der Waals surface area contributed by atoms with E-state index in [1.54, 1.807) is 34.6 Å². The lowest BCUT2D eigenvalue weighted by Crippen LogP contribution is -2.61. The van der Waals surface area contributed by atoms with Crippen molar-refractivity contribution in [3.8, 4) is 0 Å². The Balaban J connectivity index is 2.15. The van der Waals surface area contributed by atoms with Gasteiger partial charge in [-0.15, -0.1) is 0 Å². The van der Waals surface area contributed by atoms with Crippen LogP contribution in [0.25, 0.3) is 0 Å². The number of esters is 1. The van der Waals surface area contributed by atoms with E-state index in [0.717, 1.165) is 6.42 Å². The Morgan fingerprint density at radius 2 is 1.55 bits per heavy atom. The van der Waals surface area contributed by atoms with Crippen molar-refractivity contribution >= 4 is 5.97 Å². The Labute approximate surface area is 319 Å². The van der Waals surface area contributed by atoms with Gasteiger partial charge in [0.25, 0.3) is 0 Å². The molecule has 0 amide bonds. The molecule has 5 N–H and O–H groups in total. The van der Waals surface area contributed by atoms with E-state index in [4.69, 9.17) is 28.4 Å². The van der Waals surface area contributed by atoms with Gasteiger partial charge in [-0.2, -0.15) is 0 Å². The average molecular weight is 762 g/mol. The van der Waals surface area contributed by atoms with E-state index in [2.05, 4.69) is 18.7 Å². The number of nitrogens with zero attached hydrogens (tertiary/aromatic N) is 1. The second kappa shape index (κ2) is 18.5. The highest BCUT2D eigenvalue weighted by molar-refractivity contribution is 5.73. The van der Waals surface area contributed by atoms with Gasteiger partial charge in [-0.3, -0.25) is 9.69 Å². The first-order chi connectivity index (χ1) is 24.4. The van der Waals surface area contributed by atoms with Crippen molar-refractivity contribution in [2.75, 3.05) is 14.2 Å². The van der Waals surface area contributed by atoms with Gasteiger partial charge in [0.2, 0.25) is 0 Å². The number of rotatable bonds is 9. The summed E-state index contributed by atoms with van der Waals surface area (Å²) < 4.78 is 37.7. The number of hydrogen-bond acceptors (Lipinski definition) is 13. The van der Waals surface area contributed by atoms with E-state index >= 15 is 0 Å². The summed E-state index contributed by atoms with van der Waals surface area (Å²) in [5, 5.41) is 58.4. The van der Waals surface area contributed by atoms with Gasteiger partial charge in [0.1, 0.15) is 23.9 Å². The highest BCUT2D eigenvalue weighted by atomic mass is 16.7. The zero-order valence-corrected chi connectivity index (χ0v) is 35.0. The molecule has 0 saturated carbocycles. The molecule has 0 radical (unpaired) electrons. The Morgan fingerprint density at radius 3 is 2.11 bits per heavy atom. The SMILES string of the molecule is CCC(C)N(C)[C@H]1C[C@@H](C)O[C@@H](O[C@@H]2[C@@H](C)[C@H](O[C@H]3C[C@@](C)(OC)[C@@H](O)[C@H](C)O3)[C@@H](C)C(=O)O[C@H](CC)[C@@](C)(O)[C@H](O)[C@@H](C)C[C@H](C)C[C@@]2(C)O)[C@@H]1O. The standard InChI is InChI=1S/C40H75NO12/c1-15-23(5)41(13)28-18-24(6)49-37(31(28)42)53-35-25(7)32(52-30-20-39(11,48-14)34(44)27(9)50-30)26(8)36(45)51-29(16-2)40(12,47)33(43)22(4)17-21(3)19-38(35,10)46/h21-35,37,42-44,46-47H,15-20H2,1-14H3/t21-,22-,23?,24+,25-,26+,27-,28-,29+,30-,31+,32-,33+,34-,35+,37-,38+,39+,40+/m0/s1. The maximum absolute atomic E-state index is 14.2. The van der Waals surface area contributed by atoms with E-state index in [0.29, 0.717) is 12.8 Å². The topological polar surface area (TPSA) is 177 Å². The van der Waals surface area contributed by atoms with Crippen molar-refractivity contribution in [3.05, 3.63) is 0 Å². The first kappa shape index (κ1) is 46.4. The summed E-state index contributed by atoms with van der Waals surface area (Å²) in [6, 6.07) is -0.0737. The third kappa shape index (κ3) is 10.5. The normalized spacial score (nSPS) is 48.9. The molecule has 3 fully saturated rings. The first-order valence-corrected chi connectivity index (χ1v) is 20.0. The van der Waals surface area contributed by atoms with E-state index in [1.165, 1.54) is 14.0 Å². The fraction of sp³-hybridized carbons (Fsp3) is 0.975. The van der Waals surface area contributed by atoms with E-state index in [1.807, 2.05) is 34.7 Å². The fourth-order valence-corrected chi connectivity index (χ4v) is 9.21.